The number of anilines is 1. The molecule has 2 rings (SSSR count). The third kappa shape index (κ3) is 8.62. The van der Waals surface area contributed by atoms with Crippen molar-refractivity contribution in [1.29, 1.82) is 0 Å². The smallest absolute Gasteiger partial charge is 0.242 e. The number of nitrogens with zero attached hydrogens (tertiary/aromatic N) is 2. The van der Waals surface area contributed by atoms with E-state index in [0.717, 1.165) is 17.4 Å². The van der Waals surface area contributed by atoms with Crippen molar-refractivity contribution >= 4 is 27.5 Å². The van der Waals surface area contributed by atoms with Crippen molar-refractivity contribution in [3.63, 3.8) is 0 Å². The largest absolute Gasteiger partial charge is 0.350 e. The molecule has 0 heterocycles. The zero-order valence-electron chi connectivity index (χ0n) is 22.3. The number of sulfonamides is 1. The number of carbonyl (C=O) groups is 2. The van der Waals surface area contributed by atoms with Crippen LogP contribution in [0.1, 0.15) is 57.2 Å². The Labute approximate surface area is 214 Å². The number of benzene rings is 2. The van der Waals surface area contributed by atoms with Crippen LogP contribution in [-0.4, -0.2) is 49.5 Å². The molecule has 0 aliphatic heterocycles. The van der Waals surface area contributed by atoms with Crippen molar-refractivity contribution in [1.82, 2.24) is 10.2 Å². The van der Waals surface area contributed by atoms with Gasteiger partial charge in [-0.1, -0.05) is 18.2 Å². The van der Waals surface area contributed by atoms with Crippen LogP contribution in [0.3, 0.4) is 0 Å². The molecule has 36 heavy (non-hydrogen) atoms. The monoisotopic (exact) mass is 519 g/mol. The van der Waals surface area contributed by atoms with E-state index in [0.29, 0.717) is 11.3 Å². The van der Waals surface area contributed by atoms with E-state index in [9.17, 15) is 22.4 Å². The molecule has 0 aliphatic rings. The summed E-state index contributed by atoms with van der Waals surface area (Å²) in [6, 6.07) is 10.4. The van der Waals surface area contributed by atoms with E-state index in [4.69, 9.17) is 0 Å². The Hall–Kier alpha value is -2.94. The molecule has 0 saturated heterocycles. The Kier molecular flexibility index (Phi) is 9.65. The molecule has 198 valence electrons. The third-order valence-corrected chi connectivity index (χ3v) is 7.06. The van der Waals surface area contributed by atoms with Gasteiger partial charge in [0, 0.05) is 25.0 Å². The normalized spacial score (nSPS) is 12.7. The molecule has 0 saturated carbocycles. The molecule has 0 spiro atoms. The third-order valence-electron chi connectivity index (χ3n) is 5.86. The van der Waals surface area contributed by atoms with Crippen LogP contribution >= 0.6 is 0 Å². The fourth-order valence-electron chi connectivity index (χ4n) is 3.73. The van der Waals surface area contributed by atoms with Gasteiger partial charge in [0.25, 0.3) is 0 Å². The summed E-state index contributed by atoms with van der Waals surface area (Å²) in [7, 11) is -3.56. The minimum atomic E-state index is -3.56. The van der Waals surface area contributed by atoms with E-state index in [-0.39, 0.29) is 43.6 Å². The van der Waals surface area contributed by atoms with E-state index < -0.39 is 21.6 Å². The second-order valence-corrected chi connectivity index (χ2v) is 12.2. The molecule has 0 aliphatic carbocycles. The maximum Gasteiger partial charge on any atom is 0.242 e. The molecular weight excluding hydrogens is 481 g/mol. The predicted molar refractivity (Wildman–Crippen MR) is 142 cm³/mol. The summed E-state index contributed by atoms with van der Waals surface area (Å²) >= 11 is 0. The Morgan fingerprint density at radius 1 is 1.03 bits per heavy atom. The number of aryl methyl sites for hydroxylation is 2. The summed E-state index contributed by atoms with van der Waals surface area (Å²) < 4.78 is 39.6. The van der Waals surface area contributed by atoms with E-state index in [2.05, 4.69) is 5.32 Å². The Bertz CT molecular complexity index is 1170. The molecule has 2 aromatic rings. The highest BCUT2D eigenvalue weighted by atomic mass is 32.2. The van der Waals surface area contributed by atoms with Crippen molar-refractivity contribution in [3.05, 3.63) is 65.0 Å². The highest BCUT2D eigenvalue weighted by Gasteiger charge is 2.28. The lowest BCUT2D eigenvalue weighted by Crippen LogP contribution is -2.52. The van der Waals surface area contributed by atoms with Crippen LogP contribution in [0.5, 0.6) is 0 Å². The van der Waals surface area contributed by atoms with Gasteiger partial charge in [0.2, 0.25) is 21.8 Å². The van der Waals surface area contributed by atoms with Gasteiger partial charge < -0.3 is 10.2 Å². The summed E-state index contributed by atoms with van der Waals surface area (Å²) in [6.07, 6.45) is 1.46. The maximum absolute atomic E-state index is 13.4. The van der Waals surface area contributed by atoms with Gasteiger partial charge in [-0.05, 0) is 88.9 Å². The minimum Gasteiger partial charge on any atom is -0.350 e. The van der Waals surface area contributed by atoms with E-state index in [1.807, 2.05) is 46.8 Å². The number of hydrogen-bond acceptors (Lipinski definition) is 4. The van der Waals surface area contributed by atoms with E-state index >= 15 is 0 Å². The highest BCUT2D eigenvalue weighted by Crippen LogP contribution is 2.22. The Morgan fingerprint density at radius 2 is 1.64 bits per heavy atom. The zero-order valence-corrected chi connectivity index (χ0v) is 23.1. The summed E-state index contributed by atoms with van der Waals surface area (Å²) in [5.74, 6) is -0.974. The average Bonchev–Trinajstić information content (AvgIpc) is 2.75. The highest BCUT2D eigenvalue weighted by molar-refractivity contribution is 7.92. The van der Waals surface area contributed by atoms with Crippen LogP contribution in [0.2, 0.25) is 0 Å². The lowest BCUT2D eigenvalue weighted by molar-refractivity contribution is -0.141. The first-order chi connectivity index (χ1) is 16.6. The number of hydrogen-bond donors (Lipinski definition) is 1. The fraction of sp³-hybridized carbons (Fsp3) is 0.481. The number of halogens is 1. The molecule has 1 N–H and O–H groups in total. The molecular formula is C27H38FN3O4S. The van der Waals surface area contributed by atoms with Crippen molar-refractivity contribution in [2.24, 2.45) is 0 Å². The first kappa shape index (κ1) is 29.3. The van der Waals surface area contributed by atoms with Gasteiger partial charge in [-0.3, -0.25) is 13.9 Å². The summed E-state index contributed by atoms with van der Waals surface area (Å²) in [5, 5.41) is 2.89. The molecule has 0 aromatic heterocycles. The van der Waals surface area contributed by atoms with Crippen LogP contribution in [0.15, 0.2) is 42.5 Å². The molecule has 7 nitrogen and oxygen atoms in total. The van der Waals surface area contributed by atoms with Crippen molar-refractivity contribution in [2.75, 3.05) is 17.1 Å². The van der Waals surface area contributed by atoms with Crippen LogP contribution in [0, 0.1) is 19.7 Å². The van der Waals surface area contributed by atoms with Crippen LogP contribution in [0.25, 0.3) is 0 Å². The standard InChI is InChI=1S/C27H38FN3O4S/c1-19-10-15-24(17-20(19)2)31(36(7,34)35)16-8-9-25(32)30(18-22-11-13-23(28)14-12-22)21(3)26(33)29-27(4,5)6/h10-15,17,21H,8-9,16,18H2,1-7H3,(H,29,33). The maximum atomic E-state index is 13.4. The molecule has 9 heteroatoms. The van der Waals surface area contributed by atoms with Crippen LogP contribution < -0.4 is 9.62 Å². The van der Waals surface area contributed by atoms with Gasteiger partial charge in [0.1, 0.15) is 11.9 Å². The Balaban J connectivity index is 2.20. The number of carbonyl (C=O) groups excluding carboxylic acids is 2. The minimum absolute atomic E-state index is 0.0468. The number of rotatable bonds is 10. The van der Waals surface area contributed by atoms with E-state index in [1.54, 1.807) is 25.1 Å². The van der Waals surface area contributed by atoms with Crippen molar-refractivity contribution in [2.45, 2.75) is 72.5 Å². The number of amides is 2. The van der Waals surface area contributed by atoms with Gasteiger partial charge in [0.15, 0.2) is 0 Å². The second-order valence-electron chi connectivity index (χ2n) is 10.3. The summed E-state index contributed by atoms with van der Waals surface area (Å²) in [6.45, 7) is 11.4. The van der Waals surface area contributed by atoms with Gasteiger partial charge in [-0.2, -0.15) is 0 Å². The number of nitrogens with one attached hydrogen (secondary N) is 1. The van der Waals surface area contributed by atoms with Crippen LogP contribution in [-0.2, 0) is 26.2 Å². The molecule has 0 fully saturated rings. The quantitative estimate of drug-likeness (QED) is 0.507. The first-order valence-electron chi connectivity index (χ1n) is 12.0. The van der Waals surface area contributed by atoms with Gasteiger partial charge >= 0.3 is 0 Å². The van der Waals surface area contributed by atoms with Crippen LogP contribution in [0.4, 0.5) is 10.1 Å². The molecule has 1 atom stereocenters. The second kappa shape index (κ2) is 11.9. The zero-order chi connectivity index (χ0) is 27.3. The molecule has 1 unspecified atom stereocenters. The molecule has 0 bridgehead atoms. The average molecular weight is 520 g/mol. The first-order valence-corrected chi connectivity index (χ1v) is 13.8. The lowest BCUT2D eigenvalue weighted by Gasteiger charge is -2.32. The van der Waals surface area contributed by atoms with Gasteiger partial charge in [0.05, 0.1) is 11.9 Å². The Morgan fingerprint density at radius 3 is 2.17 bits per heavy atom. The van der Waals surface area contributed by atoms with E-state index in [1.165, 1.54) is 21.3 Å². The van der Waals surface area contributed by atoms with Crippen molar-refractivity contribution in [3.8, 4) is 0 Å². The molecule has 2 aromatic carbocycles. The summed E-state index contributed by atoms with van der Waals surface area (Å²) in [5.41, 5.74) is 2.79. The predicted octanol–water partition coefficient (Wildman–Crippen LogP) is 4.32. The van der Waals surface area contributed by atoms with Crippen molar-refractivity contribution < 1.29 is 22.4 Å². The summed E-state index contributed by atoms with van der Waals surface area (Å²) in [4.78, 5) is 27.6. The SMILES string of the molecule is Cc1ccc(N(CCCC(=O)N(Cc2ccc(F)cc2)C(C)C(=O)NC(C)(C)C)S(C)(=O)=O)cc1C. The van der Waals surface area contributed by atoms with Gasteiger partial charge in [-0.25, -0.2) is 12.8 Å². The topological polar surface area (TPSA) is 86.8 Å². The lowest BCUT2D eigenvalue weighted by atomic mass is 10.1. The molecule has 0 radical (unpaired) electrons. The molecule has 2 amide bonds. The fourth-order valence-corrected chi connectivity index (χ4v) is 4.69. The van der Waals surface area contributed by atoms with Gasteiger partial charge in [-0.15, -0.1) is 0 Å².